The van der Waals surface area contributed by atoms with Gasteiger partial charge in [-0.05, 0) is 25.0 Å². The van der Waals surface area contributed by atoms with Gasteiger partial charge in [-0.25, -0.2) is 18.4 Å². The number of sulfonamides is 1. The van der Waals surface area contributed by atoms with Crippen LogP contribution in [0, 0.1) is 0 Å². The third-order valence-electron chi connectivity index (χ3n) is 3.16. The Kier molecular flexibility index (Phi) is 4.06. The average Bonchev–Trinajstić information content (AvgIpc) is 2.39. The molecular weight excluding hydrogens is 266 g/mol. The quantitative estimate of drug-likeness (QED) is 0.847. The van der Waals surface area contributed by atoms with Gasteiger partial charge in [0.05, 0.1) is 5.25 Å². The van der Waals surface area contributed by atoms with Gasteiger partial charge in [-0.2, -0.15) is 0 Å². The second-order valence-electron chi connectivity index (χ2n) is 4.60. The molecule has 19 heavy (non-hydrogen) atoms. The predicted octanol–water partition coefficient (Wildman–Crippen LogP) is 0.971. The van der Waals surface area contributed by atoms with E-state index < -0.39 is 15.3 Å². The van der Waals surface area contributed by atoms with Crippen molar-refractivity contribution in [1.29, 1.82) is 0 Å². The van der Waals surface area contributed by atoms with Crippen LogP contribution in [-0.4, -0.2) is 37.7 Å². The highest BCUT2D eigenvalue weighted by Gasteiger charge is 2.30. The summed E-state index contributed by atoms with van der Waals surface area (Å²) in [7, 11) is -3.59. The minimum atomic E-state index is -3.59. The second-order valence-corrected chi connectivity index (χ2v) is 6.44. The first kappa shape index (κ1) is 13.8. The fourth-order valence-corrected chi connectivity index (χ4v) is 3.00. The third kappa shape index (κ3) is 3.68. The molecule has 1 aliphatic rings. The van der Waals surface area contributed by atoms with Crippen molar-refractivity contribution >= 4 is 21.7 Å². The summed E-state index contributed by atoms with van der Waals surface area (Å²) >= 11 is 0. The van der Waals surface area contributed by atoms with Gasteiger partial charge in [-0.15, -0.1) is 0 Å². The van der Waals surface area contributed by atoms with E-state index in [-0.39, 0.29) is 12.6 Å². The number of primary sulfonamides is 1. The Labute approximate surface area is 112 Å². The molecule has 1 aromatic carbocycles. The van der Waals surface area contributed by atoms with E-state index in [1.165, 1.54) is 4.90 Å². The number of para-hydroxylation sites is 1. The molecule has 1 heterocycles. The lowest BCUT2D eigenvalue weighted by Crippen LogP contribution is -2.48. The molecule has 0 saturated carbocycles. The topological polar surface area (TPSA) is 92.5 Å². The largest absolute Gasteiger partial charge is 0.323 e. The van der Waals surface area contributed by atoms with Gasteiger partial charge in [-0.3, -0.25) is 0 Å². The van der Waals surface area contributed by atoms with E-state index >= 15 is 0 Å². The van der Waals surface area contributed by atoms with E-state index in [2.05, 4.69) is 5.32 Å². The Morgan fingerprint density at radius 1 is 1.32 bits per heavy atom. The number of hydrogen-bond donors (Lipinski definition) is 2. The van der Waals surface area contributed by atoms with Gasteiger partial charge in [-0.1, -0.05) is 18.2 Å². The molecule has 0 bridgehead atoms. The number of benzene rings is 1. The highest BCUT2D eigenvalue weighted by Crippen LogP contribution is 2.16. The Bertz CT molecular complexity index is 545. The van der Waals surface area contributed by atoms with E-state index in [0.717, 1.165) is 0 Å². The Balaban J connectivity index is 2.00. The van der Waals surface area contributed by atoms with E-state index in [0.29, 0.717) is 25.1 Å². The van der Waals surface area contributed by atoms with Gasteiger partial charge in [0.15, 0.2) is 0 Å². The van der Waals surface area contributed by atoms with Gasteiger partial charge in [0.2, 0.25) is 10.0 Å². The number of hydrogen-bond acceptors (Lipinski definition) is 3. The molecule has 3 N–H and O–H groups in total. The summed E-state index contributed by atoms with van der Waals surface area (Å²) in [6, 6.07) is 8.75. The summed E-state index contributed by atoms with van der Waals surface area (Å²) in [5.74, 6) is 0. The molecule has 0 spiro atoms. The van der Waals surface area contributed by atoms with Crippen molar-refractivity contribution in [2.45, 2.75) is 18.1 Å². The van der Waals surface area contributed by atoms with E-state index in [9.17, 15) is 13.2 Å². The fourth-order valence-electron chi connectivity index (χ4n) is 2.11. The molecule has 7 heteroatoms. The number of carbonyl (C=O) groups excluding carboxylic acids is 1. The van der Waals surface area contributed by atoms with Crippen LogP contribution in [0.4, 0.5) is 10.5 Å². The SMILES string of the molecule is NS(=O)(=O)C1CCCN(C(=O)Nc2ccccc2)C1. The summed E-state index contributed by atoms with van der Waals surface area (Å²) in [6.45, 7) is 0.697. The number of piperidine rings is 1. The van der Waals surface area contributed by atoms with Crippen molar-refractivity contribution in [3.8, 4) is 0 Å². The van der Waals surface area contributed by atoms with Gasteiger partial charge < -0.3 is 10.2 Å². The highest BCUT2D eigenvalue weighted by molar-refractivity contribution is 7.89. The number of carbonyl (C=O) groups is 1. The number of urea groups is 1. The normalized spacial score (nSPS) is 20.1. The van der Waals surface area contributed by atoms with Gasteiger partial charge in [0.25, 0.3) is 0 Å². The first-order valence-corrected chi connectivity index (χ1v) is 7.70. The molecule has 0 radical (unpaired) electrons. The molecule has 104 valence electrons. The summed E-state index contributed by atoms with van der Waals surface area (Å²) in [4.78, 5) is 13.5. The number of nitrogens with two attached hydrogens (primary N) is 1. The summed E-state index contributed by atoms with van der Waals surface area (Å²) in [6.07, 6.45) is 1.15. The van der Waals surface area contributed by atoms with E-state index in [1.54, 1.807) is 12.1 Å². The zero-order valence-corrected chi connectivity index (χ0v) is 11.3. The molecule has 0 aromatic heterocycles. The lowest BCUT2D eigenvalue weighted by atomic mass is 10.1. The third-order valence-corrected chi connectivity index (χ3v) is 4.47. The molecule has 1 unspecified atom stereocenters. The van der Waals surface area contributed by atoms with Crippen LogP contribution in [-0.2, 0) is 10.0 Å². The molecule has 6 nitrogen and oxygen atoms in total. The monoisotopic (exact) mass is 283 g/mol. The minimum Gasteiger partial charge on any atom is -0.323 e. The number of nitrogens with zero attached hydrogens (tertiary/aromatic N) is 1. The maximum atomic E-state index is 12.0. The van der Waals surface area contributed by atoms with Crippen LogP contribution in [0.2, 0.25) is 0 Å². The summed E-state index contributed by atoms with van der Waals surface area (Å²) in [5, 5.41) is 7.21. The van der Waals surface area contributed by atoms with Crippen LogP contribution < -0.4 is 10.5 Å². The van der Waals surface area contributed by atoms with Crippen LogP contribution in [0.3, 0.4) is 0 Å². The average molecular weight is 283 g/mol. The fraction of sp³-hybridized carbons (Fsp3) is 0.417. The minimum absolute atomic E-state index is 0.150. The Hall–Kier alpha value is -1.60. The number of nitrogens with one attached hydrogen (secondary N) is 1. The zero-order valence-electron chi connectivity index (χ0n) is 10.5. The van der Waals surface area contributed by atoms with Crippen LogP contribution in [0.15, 0.2) is 30.3 Å². The van der Waals surface area contributed by atoms with E-state index in [1.807, 2.05) is 18.2 Å². The predicted molar refractivity (Wildman–Crippen MR) is 73.2 cm³/mol. The van der Waals surface area contributed by atoms with Crippen molar-refractivity contribution < 1.29 is 13.2 Å². The number of likely N-dealkylation sites (tertiary alicyclic amines) is 1. The van der Waals surface area contributed by atoms with Gasteiger partial charge in [0.1, 0.15) is 0 Å². The lowest BCUT2D eigenvalue weighted by molar-refractivity contribution is 0.200. The molecule has 1 saturated heterocycles. The Morgan fingerprint density at radius 3 is 2.63 bits per heavy atom. The standard InChI is InChI=1S/C12H17N3O3S/c13-19(17,18)11-7-4-8-15(9-11)12(16)14-10-5-2-1-3-6-10/h1-3,5-6,11H,4,7-9H2,(H,14,16)(H2,13,17,18). The molecule has 1 aromatic rings. The number of anilines is 1. The summed E-state index contributed by atoms with van der Waals surface area (Å²) in [5.41, 5.74) is 0.685. The van der Waals surface area contributed by atoms with Crippen molar-refractivity contribution in [3.63, 3.8) is 0 Å². The molecule has 1 atom stereocenters. The first-order valence-electron chi connectivity index (χ1n) is 6.09. The second kappa shape index (κ2) is 5.58. The highest BCUT2D eigenvalue weighted by atomic mass is 32.2. The van der Waals surface area contributed by atoms with Crippen molar-refractivity contribution in [2.24, 2.45) is 5.14 Å². The van der Waals surface area contributed by atoms with Crippen LogP contribution >= 0.6 is 0 Å². The maximum Gasteiger partial charge on any atom is 0.321 e. The molecule has 2 rings (SSSR count). The van der Waals surface area contributed by atoms with Gasteiger partial charge in [0, 0.05) is 18.8 Å². The molecule has 2 amide bonds. The molecule has 1 fully saturated rings. The number of amides is 2. The number of rotatable bonds is 2. The molecule has 0 aliphatic carbocycles. The maximum absolute atomic E-state index is 12.0. The smallest absolute Gasteiger partial charge is 0.321 e. The zero-order chi connectivity index (χ0) is 13.9. The van der Waals surface area contributed by atoms with Gasteiger partial charge >= 0.3 is 6.03 Å². The van der Waals surface area contributed by atoms with Crippen molar-refractivity contribution in [1.82, 2.24) is 4.90 Å². The molecule has 1 aliphatic heterocycles. The van der Waals surface area contributed by atoms with Crippen LogP contribution in [0.1, 0.15) is 12.8 Å². The summed E-state index contributed by atoms with van der Waals surface area (Å²) < 4.78 is 22.7. The Morgan fingerprint density at radius 2 is 2.00 bits per heavy atom. The first-order chi connectivity index (χ1) is 8.97. The van der Waals surface area contributed by atoms with Crippen molar-refractivity contribution in [2.75, 3.05) is 18.4 Å². The van der Waals surface area contributed by atoms with Crippen LogP contribution in [0.25, 0.3) is 0 Å². The van der Waals surface area contributed by atoms with E-state index in [4.69, 9.17) is 5.14 Å². The van der Waals surface area contributed by atoms with Crippen molar-refractivity contribution in [3.05, 3.63) is 30.3 Å². The molecular formula is C12H17N3O3S. The van der Waals surface area contributed by atoms with Crippen LogP contribution in [0.5, 0.6) is 0 Å². The lowest BCUT2D eigenvalue weighted by Gasteiger charge is -2.31.